The molecule has 10 N–H and O–H groups in total. The molecule has 0 aliphatic carbocycles. The Hall–Kier alpha value is -1.37. The molecule has 3 heterocycles. The van der Waals surface area contributed by atoms with Crippen molar-refractivity contribution in [3.05, 3.63) is 10.4 Å². The molecule has 0 radical (unpaired) electrons. The molecule has 0 saturated carbocycles. The number of hydrogen-bond donors (Lipinski definition) is 10. The minimum atomic E-state index is -1.94. The van der Waals surface area contributed by atoms with Gasteiger partial charge in [-0.3, -0.25) is 4.84 Å². The highest BCUT2D eigenvalue weighted by atomic mass is 16.7. The topological polar surface area (TPSA) is 310 Å². The first-order valence-corrected chi connectivity index (χ1v) is 13.2. The number of azide groups is 1. The van der Waals surface area contributed by atoms with E-state index >= 15 is 0 Å². The van der Waals surface area contributed by atoms with Crippen LogP contribution in [0.2, 0.25) is 0 Å². The van der Waals surface area contributed by atoms with Crippen LogP contribution in [-0.4, -0.2) is 188 Å². The first-order valence-electron chi connectivity index (χ1n) is 13.2. The van der Waals surface area contributed by atoms with Gasteiger partial charge in [0.05, 0.1) is 26.9 Å². The van der Waals surface area contributed by atoms with Crippen LogP contribution in [0.15, 0.2) is 5.11 Å². The maximum Gasteiger partial charge on any atom is 0.187 e. The zero-order valence-electron chi connectivity index (χ0n) is 22.6. The van der Waals surface area contributed by atoms with Crippen LogP contribution in [-0.2, 0) is 28.5 Å². The number of ether oxygens (including phenoxy) is 5. The lowest BCUT2D eigenvalue weighted by atomic mass is 9.95. The fourth-order valence-electron chi connectivity index (χ4n) is 4.95. The molecule has 3 fully saturated rings. The molecule has 20 heteroatoms. The van der Waals surface area contributed by atoms with Crippen LogP contribution in [0.4, 0.5) is 0 Å². The summed E-state index contributed by atoms with van der Waals surface area (Å²) in [6.07, 6.45) is -24.7. The van der Waals surface area contributed by atoms with E-state index in [9.17, 15) is 51.1 Å². The lowest BCUT2D eigenvalue weighted by Crippen LogP contribution is -2.68. The third-order valence-electron chi connectivity index (χ3n) is 7.31. The van der Waals surface area contributed by atoms with E-state index in [0.29, 0.717) is 0 Å². The number of aliphatic hydroxyl groups is 10. The molecular formula is C22H40N4O16. The van der Waals surface area contributed by atoms with Gasteiger partial charge in [0.25, 0.3) is 0 Å². The van der Waals surface area contributed by atoms with Crippen LogP contribution >= 0.6 is 0 Å². The molecule has 15 atom stereocenters. The Morgan fingerprint density at radius 2 is 1.19 bits per heavy atom. The zero-order chi connectivity index (χ0) is 31.1. The average Bonchev–Trinajstić information content (AvgIpc) is 2.99. The van der Waals surface area contributed by atoms with E-state index in [-0.39, 0.29) is 19.5 Å². The van der Waals surface area contributed by atoms with Gasteiger partial charge in [-0.15, -0.1) is 0 Å². The lowest BCUT2D eigenvalue weighted by Gasteiger charge is -2.49. The standard InChI is InChI=1S/C22H40N4O16/c1-37-26(4-2-3-24-25-23)20-16(35)18(12(31)9(6-28)38-20)41-22-17(36)19(13(32)10(7-29)40-22)42-21-15(34)14(33)11(30)8(5-27)39-21/h8-22,27-36H,2-7H2,1H3/t8?,9?,10?,11-,12-,13-,14+,15?,16?,17?,18+,19+,20-,21+,22+/m1/s1. The van der Waals surface area contributed by atoms with Gasteiger partial charge >= 0.3 is 0 Å². The van der Waals surface area contributed by atoms with Crippen molar-refractivity contribution in [1.29, 1.82) is 0 Å². The summed E-state index contributed by atoms with van der Waals surface area (Å²) in [5, 5.41) is 108. The van der Waals surface area contributed by atoms with Crippen molar-refractivity contribution in [3.63, 3.8) is 0 Å². The normalized spacial score (nSPS) is 44.6. The van der Waals surface area contributed by atoms with Gasteiger partial charge < -0.3 is 74.7 Å². The van der Waals surface area contributed by atoms with Crippen molar-refractivity contribution < 1.29 is 79.6 Å². The van der Waals surface area contributed by atoms with Crippen molar-refractivity contribution in [2.24, 2.45) is 5.11 Å². The third kappa shape index (κ3) is 7.64. The Kier molecular flexibility index (Phi) is 13.4. The van der Waals surface area contributed by atoms with E-state index in [0.717, 1.165) is 5.06 Å². The van der Waals surface area contributed by atoms with Gasteiger partial charge in [-0.2, -0.15) is 5.06 Å². The minimum absolute atomic E-state index is 0.0779. The van der Waals surface area contributed by atoms with Gasteiger partial charge in [-0.05, 0) is 12.0 Å². The molecule has 6 unspecified atom stereocenters. The molecule has 0 aromatic carbocycles. The summed E-state index contributed by atoms with van der Waals surface area (Å²) in [7, 11) is 1.26. The van der Waals surface area contributed by atoms with Crippen molar-refractivity contribution in [2.45, 2.75) is 98.5 Å². The van der Waals surface area contributed by atoms with Gasteiger partial charge in [-0.25, -0.2) is 0 Å². The molecule has 0 bridgehead atoms. The highest BCUT2D eigenvalue weighted by Crippen LogP contribution is 2.33. The maximum atomic E-state index is 11.1. The fraction of sp³-hybridized carbons (Fsp3) is 1.00. The monoisotopic (exact) mass is 616 g/mol. The van der Waals surface area contributed by atoms with Crippen molar-refractivity contribution in [3.8, 4) is 0 Å². The second kappa shape index (κ2) is 16.1. The van der Waals surface area contributed by atoms with Crippen LogP contribution in [0.3, 0.4) is 0 Å². The lowest BCUT2D eigenvalue weighted by molar-refractivity contribution is -0.384. The van der Waals surface area contributed by atoms with E-state index in [1.165, 1.54) is 7.11 Å². The Bertz CT molecular complexity index is 872. The Morgan fingerprint density at radius 3 is 1.71 bits per heavy atom. The predicted molar refractivity (Wildman–Crippen MR) is 131 cm³/mol. The molecule has 3 rings (SSSR count). The Morgan fingerprint density at radius 1 is 0.690 bits per heavy atom. The summed E-state index contributed by atoms with van der Waals surface area (Å²) in [6.45, 7) is -2.16. The van der Waals surface area contributed by atoms with Crippen LogP contribution in [0.5, 0.6) is 0 Å². The van der Waals surface area contributed by atoms with Gasteiger partial charge in [0.2, 0.25) is 0 Å². The molecule has 20 nitrogen and oxygen atoms in total. The second-order valence-corrected chi connectivity index (χ2v) is 9.97. The molecular weight excluding hydrogens is 576 g/mol. The second-order valence-electron chi connectivity index (χ2n) is 9.97. The summed E-state index contributed by atoms with van der Waals surface area (Å²) in [5.41, 5.74) is 8.46. The van der Waals surface area contributed by atoms with Crippen molar-refractivity contribution >= 4 is 0 Å². The van der Waals surface area contributed by atoms with Gasteiger partial charge in [0.15, 0.2) is 18.8 Å². The van der Waals surface area contributed by atoms with Crippen LogP contribution in [0.1, 0.15) is 6.42 Å². The summed E-state index contributed by atoms with van der Waals surface area (Å²) < 4.78 is 27.6. The van der Waals surface area contributed by atoms with E-state index in [2.05, 4.69) is 10.0 Å². The van der Waals surface area contributed by atoms with E-state index in [4.69, 9.17) is 34.1 Å². The van der Waals surface area contributed by atoms with Gasteiger partial charge in [0, 0.05) is 18.0 Å². The number of nitrogens with zero attached hydrogens (tertiary/aromatic N) is 4. The Labute approximate surface area is 239 Å². The zero-order valence-corrected chi connectivity index (χ0v) is 22.6. The molecule has 42 heavy (non-hydrogen) atoms. The molecule has 3 saturated heterocycles. The smallest absolute Gasteiger partial charge is 0.187 e. The van der Waals surface area contributed by atoms with E-state index in [1.807, 2.05) is 0 Å². The van der Waals surface area contributed by atoms with Crippen LogP contribution in [0, 0.1) is 0 Å². The molecule has 0 spiro atoms. The van der Waals surface area contributed by atoms with Crippen molar-refractivity contribution in [2.75, 3.05) is 40.0 Å². The van der Waals surface area contributed by atoms with Crippen LogP contribution < -0.4 is 0 Å². The summed E-state index contributed by atoms with van der Waals surface area (Å²) in [4.78, 5) is 7.90. The fourth-order valence-corrected chi connectivity index (χ4v) is 4.95. The average molecular weight is 617 g/mol. The van der Waals surface area contributed by atoms with E-state index < -0.39 is 112 Å². The van der Waals surface area contributed by atoms with E-state index in [1.54, 1.807) is 0 Å². The molecule has 0 amide bonds. The molecule has 244 valence electrons. The molecule has 3 aliphatic rings. The highest BCUT2D eigenvalue weighted by Gasteiger charge is 2.54. The van der Waals surface area contributed by atoms with Gasteiger partial charge in [-0.1, -0.05) is 5.11 Å². The third-order valence-corrected chi connectivity index (χ3v) is 7.31. The summed E-state index contributed by atoms with van der Waals surface area (Å²) in [5.74, 6) is 0. The molecule has 0 aromatic rings. The number of hydrogen-bond acceptors (Lipinski definition) is 18. The summed E-state index contributed by atoms with van der Waals surface area (Å²) >= 11 is 0. The number of rotatable bonds is 13. The number of aliphatic hydroxyl groups excluding tert-OH is 10. The SMILES string of the molecule is CON(CCCN=[N+]=[N-])[C@@H]1OC(CO)[C@@H](O)[C@H](O[C@@H]2OC(CO)[C@@H](O)[C@H](O[C@@H]3OC(CO)[C@@H](O)[C@H](O)C3O)C2O)C1O. The first-order chi connectivity index (χ1) is 20.0. The largest absolute Gasteiger partial charge is 0.394 e. The Balaban J connectivity index is 1.80. The maximum absolute atomic E-state index is 11.1. The predicted octanol–water partition coefficient (Wildman–Crippen LogP) is -6.00. The number of hydroxylamine groups is 2. The van der Waals surface area contributed by atoms with Crippen LogP contribution in [0.25, 0.3) is 10.4 Å². The first kappa shape index (κ1) is 35.1. The minimum Gasteiger partial charge on any atom is -0.394 e. The van der Waals surface area contributed by atoms with Crippen molar-refractivity contribution in [1.82, 2.24) is 5.06 Å². The van der Waals surface area contributed by atoms with Gasteiger partial charge in [0.1, 0.15) is 73.2 Å². The highest BCUT2D eigenvalue weighted by molar-refractivity contribution is 4.97. The molecule has 3 aliphatic heterocycles. The molecule has 0 aromatic heterocycles. The summed E-state index contributed by atoms with van der Waals surface area (Å²) in [6, 6.07) is 0. The quantitative estimate of drug-likeness (QED) is 0.0303.